The molecule has 2 rings (SSSR count). The van der Waals surface area contributed by atoms with E-state index in [2.05, 4.69) is 4.98 Å². The third-order valence-corrected chi connectivity index (χ3v) is 4.63. The maximum atomic E-state index is 12.3. The number of aliphatic hydroxyl groups excluding tert-OH is 1. The lowest BCUT2D eigenvalue weighted by Crippen LogP contribution is -2.34. The Morgan fingerprint density at radius 1 is 1.50 bits per heavy atom. The van der Waals surface area contributed by atoms with Crippen molar-refractivity contribution in [2.75, 3.05) is 13.6 Å². The second-order valence-electron chi connectivity index (χ2n) is 5.09. The van der Waals surface area contributed by atoms with Crippen molar-refractivity contribution in [3.63, 3.8) is 0 Å². The Morgan fingerprint density at radius 2 is 2.22 bits per heavy atom. The van der Waals surface area contributed by atoms with Gasteiger partial charge in [0, 0.05) is 19.5 Å². The van der Waals surface area contributed by atoms with Gasteiger partial charge in [0.25, 0.3) is 5.91 Å². The normalized spacial score (nSPS) is 23.3. The van der Waals surface area contributed by atoms with Gasteiger partial charge in [-0.15, -0.1) is 11.3 Å². The fourth-order valence-electron chi connectivity index (χ4n) is 2.57. The lowest BCUT2D eigenvalue weighted by molar-refractivity contribution is 0.0697. The summed E-state index contributed by atoms with van der Waals surface area (Å²) >= 11 is 1.44. The maximum Gasteiger partial charge on any atom is 0.265 e. The van der Waals surface area contributed by atoms with Crippen molar-refractivity contribution >= 4 is 17.2 Å². The minimum absolute atomic E-state index is 0.0252. The van der Waals surface area contributed by atoms with Crippen molar-refractivity contribution in [1.82, 2.24) is 9.88 Å². The molecule has 1 heterocycles. The van der Waals surface area contributed by atoms with Gasteiger partial charge in [-0.25, -0.2) is 4.98 Å². The molecule has 5 heteroatoms. The van der Waals surface area contributed by atoms with Crippen LogP contribution in [0.2, 0.25) is 0 Å². The number of rotatable bonds is 3. The number of amides is 1. The van der Waals surface area contributed by atoms with Crippen LogP contribution in [0.4, 0.5) is 0 Å². The van der Waals surface area contributed by atoms with E-state index >= 15 is 0 Å². The second-order valence-corrected chi connectivity index (χ2v) is 6.29. The van der Waals surface area contributed by atoms with Crippen molar-refractivity contribution in [3.8, 4) is 0 Å². The average molecular weight is 268 g/mol. The predicted octanol–water partition coefficient (Wildman–Crippen LogP) is 1.99. The molecule has 1 aliphatic rings. The summed E-state index contributed by atoms with van der Waals surface area (Å²) in [5.74, 6) is 0.255. The second kappa shape index (κ2) is 5.36. The van der Waals surface area contributed by atoms with E-state index in [9.17, 15) is 9.90 Å². The van der Waals surface area contributed by atoms with Gasteiger partial charge in [-0.2, -0.15) is 0 Å². The highest BCUT2D eigenvalue weighted by Gasteiger charge is 2.28. The fraction of sp³-hybridized carbons (Fsp3) is 0.692. The van der Waals surface area contributed by atoms with Gasteiger partial charge in [-0.05, 0) is 26.7 Å². The molecule has 1 saturated carbocycles. The lowest BCUT2D eigenvalue weighted by atomic mass is 10.1. The molecule has 0 spiro atoms. The third kappa shape index (κ3) is 2.72. The first-order valence-corrected chi connectivity index (χ1v) is 7.18. The average Bonchev–Trinajstić information content (AvgIpc) is 2.85. The summed E-state index contributed by atoms with van der Waals surface area (Å²) in [6.07, 6.45) is 2.70. The van der Waals surface area contributed by atoms with E-state index < -0.39 is 0 Å². The summed E-state index contributed by atoms with van der Waals surface area (Å²) in [4.78, 5) is 19.0. The zero-order valence-electron chi connectivity index (χ0n) is 11.1. The van der Waals surface area contributed by atoms with E-state index in [1.165, 1.54) is 11.3 Å². The van der Waals surface area contributed by atoms with Gasteiger partial charge in [0.1, 0.15) is 4.88 Å². The first-order valence-electron chi connectivity index (χ1n) is 6.36. The number of aromatic nitrogens is 1. The van der Waals surface area contributed by atoms with Crippen molar-refractivity contribution in [2.24, 2.45) is 5.92 Å². The molecule has 0 bridgehead atoms. The first-order chi connectivity index (χ1) is 8.49. The van der Waals surface area contributed by atoms with Crippen LogP contribution < -0.4 is 0 Å². The Morgan fingerprint density at radius 3 is 2.72 bits per heavy atom. The summed E-state index contributed by atoms with van der Waals surface area (Å²) in [5, 5.41) is 10.7. The Hall–Kier alpha value is -0.940. The zero-order valence-corrected chi connectivity index (χ0v) is 12.0. The number of thiazole rings is 1. The van der Waals surface area contributed by atoms with E-state index in [4.69, 9.17) is 0 Å². The molecule has 0 saturated heterocycles. The molecular weight excluding hydrogens is 248 g/mol. The van der Waals surface area contributed by atoms with Gasteiger partial charge >= 0.3 is 0 Å². The topological polar surface area (TPSA) is 53.4 Å². The number of hydrogen-bond donors (Lipinski definition) is 1. The van der Waals surface area contributed by atoms with Gasteiger partial charge in [-0.3, -0.25) is 4.79 Å². The molecular formula is C13H20N2O2S. The molecule has 1 fully saturated rings. The monoisotopic (exact) mass is 268 g/mol. The molecule has 1 aliphatic carbocycles. The predicted molar refractivity (Wildman–Crippen MR) is 71.9 cm³/mol. The molecule has 1 aromatic rings. The van der Waals surface area contributed by atoms with E-state index in [1.807, 2.05) is 20.9 Å². The zero-order chi connectivity index (χ0) is 13.3. The number of carbonyl (C=O) groups is 1. The Bertz CT molecular complexity index is 444. The number of hydrogen-bond acceptors (Lipinski definition) is 4. The van der Waals surface area contributed by atoms with Crippen molar-refractivity contribution < 1.29 is 9.90 Å². The molecule has 2 unspecified atom stereocenters. The van der Waals surface area contributed by atoms with Gasteiger partial charge in [0.15, 0.2) is 0 Å². The molecule has 2 atom stereocenters. The van der Waals surface area contributed by atoms with Crippen LogP contribution in [0.15, 0.2) is 0 Å². The SMILES string of the molecule is Cc1nc(C)c(C(=O)N(C)CC2CCCC2O)s1. The summed E-state index contributed by atoms with van der Waals surface area (Å²) in [7, 11) is 1.81. The number of nitrogens with zero attached hydrogens (tertiary/aromatic N) is 2. The fourth-order valence-corrected chi connectivity index (χ4v) is 3.48. The number of carbonyl (C=O) groups excluding carboxylic acids is 1. The molecule has 1 amide bonds. The van der Waals surface area contributed by atoms with Gasteiger partial charge in [0.05, 0.1) is 16.8 Å². The van der Waals surface area contributed by atoms with Crippen LogP contribution in [0.1, 0.15) is 39.6 Å². The van der Waals surface area contributed by atoms with Crippen molar-refractivity contribution in [3.05, 3.63) is 15.6 Å². The van der Waals surface area contributed by atoms with Crippen LogP contribution >= 0.6 is 11.3 Å². The Balaban J connectivity index is 2.02. The highest BCUT2D eigenvalue weighted by Crippen LogP contribution is 2.27. The third-order valence-electron chi connectivity index (χ3n) is 3.57. The van der Waals surface area contributed by atoms with E-state index in [-0.39, 0.29) is 17.9 Å². The van der Waals surface area contributed by atoms with E-state index in [1.54, 1.807) is 4.90 Å². The first kappa shape index (κ1) is 13.5. The molecule has 18 heavy (non-hydrogen) atoms. The van der Waals surface area contributed by atoms with Crippen LogP contribution in [0.3, 0.4) is 0 Å². The highest BCUT2D eigenvalue weighted by molar-refractivity contribution is 7.13. The minimum atomic E-state index is -0.246. The highest BCUT2D eigenvalue weighted by atomic mass is 32.1. The van der Waals surface area contributed by atoms with Gasteiger partial charge < -0.3 is 10.0 Å². The standard InChI is InChI=1S/C13H20N2O2S/c1-8-12(18-9(2)14-8)13(17)15(3)7-10-5-4-6-11(10)16/h10-11,16H,4-7H2,1-3H3. The summed E-state index contributed by atoms with van der Waals surface area (Å²) in [6, 6.07) is 0. The number of aliphatic hydroxyl groups is 1. The summed E-state index contributed by atoms with van der Waals surface area (Å²) in [6.45, 7) is 4.42. The van der Waals surface area contributed by atoms with Crippen LogP contribution in [0.25, 0.3) is 0 Å². The van der Waals surface area contributed by atoms with Crippen LogP contribution in [0.5, 0.6) is 0 Å². The molecule has 100 valence electrons. The molecule has 1 N–H and O–H groups in total. The van der Waals surface area contributed by atoms with Crippen molar-refractivity contribution in [1.29, 1.82) is 0 Å². The van der Waals surface area contributed by atoms with Gasteiger partial charge in [0.2, 0.25) is 0 Å². The summed E-state index contributed by atoms with van der Waals surface area (Å²) in [5.41, 5.74) is 0.807. The van der Waals surface area contributed by atoms with E-state index in [0.29, 0.717) is 6.54 Å². The number of aryl methyl sites for hydroxylation is 2. The van der Waals surface area contributed by atoms with E-state index in [0.717, 1.165) is 34.8 Å². The molecule has 4 nitrogen and oxygen atoms in total. The Labute approximate surface area is 112 Å². The molecule has 0 radical (unpaired) electrons. The molecule has 1 aromatic heterocycles. The Kier molecular flexibility index (Phi) is 4.02. The molecule has 0 aromatic carbocycles. The maximum absolute atomic E-state index is 12.3. The van der Waals surface area contributed by atoms with Gasteiger partial charge in [-0.1, -0.05) is 6.42 Å². The minimum Gasteiger partial charge on any atom is -0.393 e. The van der Waals surface area contributed by atoms with Crippen LogP contribution in [0, 0.1) is 19.8 Å². The van der Waals surface area contributed by atoms with Crippen LogP contribution in [-0.4, -0.2) is 40.6 Å². The lowest BCUT2D eigenvalue weighted by Gasteiger charge is -2.22. The molecule has 0 aliphatic heterocycles. The van der Waals surface area contributed by atoms with Crippen LogP contribution in [-0.2, 0) is 0 Å². The quantitative estimate of drug-likeness (QED) is 0.912. The smallest absolute Gasteiger partial charge is 0.265 e. The summed E-state index contributed by atoms with van der Waals surface area (Å²) < 4.78 is 0. The largest absolute Gasteiger partial charge is 0.393 e. The van der Waals surface area contributed by atoms with Crippen molar-refractivity contribution in [2.45, 2.75) is 39.2 Å².